The Bertz CT molecular complexity index is 651. The van der Waals surface area contributed by atoms with Gasteiger partial charge >= 0.3 is 0 Å². The van der Waals surface area contributed by atoms with Gasteiger partial charge < -0.3 is 25.6 Å². The third-order valence-corrected chi connectivity index (χ3v) is 3.45. The number of nitrogens with two attached hydrogens (primary N) is 1. The van der Waals surface area contributed by atoms with Crippen LogP contribution in [0.2, 0.25) is 0 Å². The van der Waals surface area contributed by atoms with Gasteiger partial charge in [-0.2, -0.15) is 0 Å². The third-order valence-electron chi connectivity index (χ3n) is 3.45. The van der Waals surface area contributed by atoms with E-state index in [4.69, 9.17) is 10.8 Å². The van der Waals surface area contributed by atoms with Crippen molar-refractivity contribution in [3.63, 3.8) is 0 Å². The zero-order chi connectivity index (χ0) is 13.6. The molecule has 0 amide bonds. The van der Waals surface area contributed by atoms with Gasteiger partial charge in [-0.3, -0.25) is 0 Å². The first kappa shape index (κ1) is 12.1. The zero-order valence-corrected chi connectivity index (χ0v) is 10.0. The topological polar surface area (TPSA) is 117 Å². The molecule has 2 unspecified atom stereocenters. The molecule has 1 aliphatic carbocycles. The van der Waals surface area contributed by atoms with E-state index >= 15 is 0 Å². The minimum Gasteiger partial charge on any atom is -0.392 e. The van der Waals surface area contributed by atoms with Gasteiger partial charge in [0.15, 0.2) is 0 Å². The minimum atomic E-state index is -1.08. The summed E-state index contributed by atoms with van der Waals surface area (Å²) in [6, 6.07) is 1.20. The molecule has 0 aromatic carbocycles. The Morgan fingerprint density at radius 1 is 1.32 bits per heavy atom. The van der Waals surface area contributed by atoms with Gasteiger partial charge in [-0.25, -0.2) is 9.97 Å². The minimum absolute atomic E-state index is 0.297. The SMILES string of the molecule is Nc1nccc2ncn([C@@H]3C=C(CO)C(O)C3O)c12. The number of nitrogen functional groups attached to an aromatic ring is 1. The number of pyridine rings is 1. The molecule has 0 aliphatic heterocycles. The van der Waals surface area contributed by atoms with E-state index in [0.29, 0.717) is 22.4 Å². The van der Waals surface area contributed by atoms with Crippen molar-refractivity contribution < 1.29 is 15.3 Å². The Balaban J connectivity index is 2.13. The second-order valence-electron chi connectivity index (χ2n) is 4.54. The van der Waals surface area contributed by atoms with Crippen molar-refractivity contribution >= 4 is 16.9 Å². The van der Waals surface area contributed by atoms with Gasteiger partial charge in [0.1, 0.15) is 23.5 Å². The number of aromatic nitrogens is 3. The van der Waals surface area contributed by atoms with E-state index in [-0.39, 0.29) is 6.61 Å². The molecule has 3 rings (SSSR count). The van der Waals surface area contributed by atoms with Crippen molar-refractivity contribution in [3.05, 3.63) is 30.2 Å². The molecule has 100 valence electrons. The summed E-state index contributed by atoms with van der Waals surface area (Å²) in [5.74, 6) is 0.308. The molecule has 0 fully saturated rings. The molecule has 1 aliphatic rings. The highest BCUT2D eigenvalue weighted by molar-refractivity contribution is 5.85. The fraction of sp³-hybridized carbons (Fsp3) is 0.333. The van der Waals surface area contributed by atoms with Crippen molar-refractivity contribution in [1.29, 1.82) is 0 Å². The number of fused-ring (bicyclic) bond motifs is 1. The predicted molar refractivity (Wildman–Crippen MR) is 68.2 cm³/mol. The van der Waals surface area contributed by atoms with Crippen LogP contribution in [0.15, 0.2) is 30.2 Å². The second-order valence-corrected chi connectivity index (χ2v) is 4.54. The maximum absolute atomic E-state index is 10.1. The van der Waals surface area contributed by atoms with E-state index in [0.717, 1.165) is 0 Å². The first-order valence-electron chi connectivity index (χ1n) is 5.88. The van der Waals surface area contributed by atoms with Crippen LogP contribution in [0.25, 0.3) is 11.0 Å². The number of hydrogen-bond donors (Lipinski definition) is 4. The second kappa shape index (κ2) is 4.30. The number of aliphatic hydroxyl groups excluding tert-OH is 3. The highest BCUT2D eigenvalue weighted by Gasteiger charge is 2.36. The molecular formula is C12H14N4O3. The molecule has 3 atom stereocenters. The van der Waals surface area contributed by atoms with E-state index in [1.54, 1.807) is 29.2 Å². The molecule has 5 N–H and O–H groups in total. The Morgan fingerprint density at radius 2 is 2.11 bits per heavy atom. The van der Waals surface area contributed by atoms with Gasteiger partial charge in [0.25, 0.3) is 0 Å². The lowest BCUT2D eigenvalue weighted by atomic mass is 10.1. The van der Waals surface area contributed by atoms with Crippen LogP contribution in [0.5, 0.6) is 0 Å². The van der Waals surface area contributed by atoms with Crippen molar-refractivity contribution in [3.8, 4) is 0 Å². The molecule has 2 heterocycles. The van der Waals surface area contributed by atoms with Crippen LogP contribution in [-0.2, 0) is 0 Å². The van der Waals surface area contributed by atoms with Gasteiger partial charge in [-0.15, -0.1) is 0 Å². The summed E-state index contributed by atoms with van der Waals surface area (Å²) < 4.78 is 1.66. The Labute approximate surface area is 108 Å². The van der Waals surface area contributed by atoms with Crippen LogP contribution in [-0.4, -0.2) is 48.7 Å². The maximum atomic E-state index is 10.1. The number of rotatable bonds is 2. The van der Waals surface area contributed by atoms with Crippen molar-refractivity contribution in [2.45, 2.75) is 18.2 Å². The standard InChI is InChI=1S/C12H14N4O3/c13-12-9-7(1-2-14-12)15-5-16(9)8-3-6(4-17)10(18)11(8)19/h1-3,5,8,10-11,17-19H,4H2,(H2,13,14)/t8-,10?,11?/m1/s1. The van der Waals surface area contributed by atoms with Gasteiger partial charge in [0, 0.05) is 6.20 Å². The summed E-state index contributed by atoms with van der Waals surface area (Å²) in [4.78, 5) is 8.19. The van der Waals surface area contributed by atoms with Crippen molar-refractivity contribution in [2.24, 2.45) is 0 Å². The van der Waals surface area contributed by atoms with Crippen LogP contribution in [0, 0.1) is 0 Å². The largest absolute Gasteiger partial charge is 0.392 e. The van der Waals surface area contributed by atoms with E-state index in [1.807, 2.05) is 0 Å². The molecular weight excluding hydrogens is 248 g/mol. The average Bonchev–Trinajstić information content (AvgIpc) is 2.94. The monoisotopic (exact) mass is 262 g/mol. The quantitative estimate of drug-likeness (QED) is 0.527. The Kier molecular flexibility index (Phi) is 2.74. The lowest BCUT2D eigenvalue weighted by Crippen LogP contribution is -2.30. The summed E-state index contributed by atoms with van der Waals surface area (Å²) in [7, 11) is 0. The molecule has 2 aromatic rings. The smallest absolute Gasteiger partial charge is 0.149 e. The normalized spacial score (nSPS) is 26.9. The van der Waals surface area contributed by atoms with E-state index in [2.05, 4.69) is 9.97 Å². The summed E-state index contributed by atoms with van der Waals surface area (Å²) >= 11 is 0. The molecule has 0 spiro atoms. The molecule has 0 saturated heterocycles. The molecule has 7 heteroatoms. The first-order chi connectivity index (χ1) is 9.13. The van der Waals surface area contributed by atoms with Crippen LogP contribution in [0.1, 0.15) is 6.04 Å². The predicted octanol–water partition coefficient (Wildman–Crippen LogP) is -0.791. The molecule has 0 bridgehead atoms. The van der Waals surface area contributed by atoms with E-state index < -0.39 is 18.2 Å². The lowest BCUT2D eigenvalue weighted by molar-refractivity contribution is 0.0288. The fourth-order valence-corrected chi connectivity index (χ4v) is 2.45. The number of nitrogens with zero attached hydrogens (tertiary/aromatic N) is 3. The van der Waals surface area contributed by atoms with Crippen LogP contribution >= 0.6 is 0 Å². The van der Waals surface area contributed by atoms with Crippen molar-refractivity contribution in [1.82, 2.24) is 14.5 Å². The Morgan fingerprint density at radius 3 is 2.79 bits per heavy atom. The van der Waals surface area contributed by atoms with E-state index in [9.17, 15) is 10.2 Å². The summed E-state index contributed by atoms with van der Waals surface area (Å²) in [5, 5.41) is 29.0. The molecule has 2 aromatic heterocycles. The third kappa shape index (κ3) is 1.71. The zero-order valence-electron chi connectivity index (χ0n) is 10.0. The summed E-state index contributed by atoms with van der Waals surface area (Å²) in [6.45, 7) is -0.297. The van der Waals surface area contributed by atoms with Crippen molar-refractivity contribution in [2.75, 3.05) is 12.3 Å². The first-order valence-corrected chi connectivity index (χ1v) is 5.88. The van der Waals surface area contributed by atoms with E-state index in [1.165, 1.54) is 0 Å². The van der Waals surface area contributed by atoms with Crippen LogP contribution < -0.4 is 5.73 Å². The van der Waals surface area contributed by atoms with Gasteiger partial charge in [0.05, 0.1) is 24.5 Å². The highest BCUT2D eigenvalue weighted by Crippen LogP contribution is 2.32. The van der Waals surface area contributed by atoms with Gasteiger partial charge in [0.2, 0.25) is 0 Å². The molecule has 19 heavy (non-hydrogen) atoms. The average molecular weight is 262 g/mol. The van der Waals surface area contributed by atoms with Gasteiger partial charge in [-0.05, 0) is 11.6 Å². The van der Waals surface area contributed by atoms with Crippen LogP contribution in [0.3, 0.4) is 0 Å². The number of imidazole rings is 1. The maximum Gasteiger partial charge on any atom is 0.149 e. The number of hydrogen-bond acceptors (Lipinski definition) is 6. The number of anilines is 1. The fourth-order valence-electron chi connectivity index (χ4n) is 2.45. The van der Waals surface area contributed by atoms with Gasteiger partial charge in [-0.1, -0.05) is 6.08 Å². The summed E-state index contributed by atoms with van der Waals surface area (Å²) in [5.41, 5.74) is 7.49. The molecule has 0 saturated carbocycles. The summed E-state index contributed by atoms with van der Waals surface area (Å²) in [6.07, 6.45) is 2.61. The lowest BCUT2D eigenvalue weighted by Gasteiger charge is -2.19. The molecule has 7 nitrogen and oxygen atoms in total. The Hall–Kier alpha value is -1.96. The number of aliphatic hydroxyl groups is 3. The van der Waals surface area contributed by atoms with Crippen LogP contribution in [0.4, 0.5) is 5.82 Å². The molecule has 0 radical (unpaired) electrons. The highest BCUT2D eigenvalue weighted by atomic mass is 16.3.